The molecule has 0 saturated carbocycles. The lowest BCUT2D eigenvalue weighted by Gasteiger charge is -2.28. The normalized spacial score (nSPS) is 15.4. The Morgan fingerprint density at radius 3 is 2.64 bits per heavy atom. The number of anilines is 1. The molecule has 0 N–H and O–H groups in total. The first kappa shape index (κ1) is 18.8. The van der Waals surface area contributed by atoms with Crippen molar-refractivity contribution in [3.8, 4) is 11.3 Å². The van der Waals surface area contributed by atoms with Gasteiger partial charge in [-0.15, -0.1) is 0 Å². The molecule has 0 aliphatic carbocycles. The first-order chi connectivity index (χ1) is 13.5. The number of fused-ring (bicyclic) bond motifs is 1. The number of morpholine rings is 1. The van der Waals surface area contributed by atoms with Gasteiger partial charge in [0, 0.05) is 43.1 Å². The van der Waals surface area contributed by atoms with Gasteiger partial charge in [0.05, 0.1) is 43.1 Å². The number of aromatic nitrogens is 4. The molecule has 28 heavy (non-hydrogen) atoms. The maximum atomic E-state index is 5.49. The summed E-state index contributed by atoms with van der Waals surface area (Å²) >= 11 is 0. The van der Waals surface area contributed by atoms with Crippen LogP contribution in [0.5, 0.6) is 0 Å². The molecule has 148 valence electrons. The average molecular weight is 381 g/mol. The van der Waals surface area contributed by atoms with Gasteiger partial charge in [0.1, 0.15) is 0 Å². The predicted octanol–water partition coefficient (Wildman–Crippen LogP) is 2.86. The van der Waals surface area contributed by atoms with Gasteiger partial charge in [-0.05, 0) is 25.1 Å². The highest BCUT2D eigenvalue weighted by atomic mass is 16.5. The maximum absolute atomic E-state index is 5.49. The van der Waals surface area contributed by atoms with E-state index in [1.54, 1.807) is 7.11 Å². The average Bonchev–Trinajstić information content (AvgIpc) is 3.04. The largest absolute Gasteiger partial charge is 0.384 e. The molecule has 7 heteroatoms. The van der Waals surface area contributed by atoms with E-state index in [0.29, 0.717) is 6.61 Å². The Morgan fingerprint density at radius 2 is 1.96 bits per heavy atom. The Balaban J connectivity index is 1.74. The molecule has 1 aliphatic rings. The number of hydrogen-bond donors (Lipinski definition) is 0. The minimum absolute atomic E-state index is 0.135. The highest BCUT2D eigenvalue weighted by Crippen LogP contribution is 2.30. The van der Waals surface area contributed by atoms with Crippen molar-refractivity contribution in [1.29, 1.82) is 0 Å². The van der Waals surface area contributed by atoms with E-state index in [9.17, 15) is 0 Å². The zero-order valence-corrected chi connectivity index (χ0v) is 17.0. The number of hydrogen-bond acceptors (Lipinski definition) is 6. The summed E-state index contributed by atoms with van der Waals surface area (Å²) in [6.45, 7) is 10.1. The number of nitrogens with zero attached hydrogens (tertiary/aromatic N) is 5. The molecule has 3 aromatic heterocycles. The topological polar surface area (TPSA) is 64.8 Å². The standard InChI is InChI=1S/C21H27N5O2/c1-15-19(16-5-6-18(22-13-16)21(2,3)14-27-4)26-20(24-15)17(7-8-23-26)25-9-11-28-12-10-25/h5-8,13H,9-12,14H2,1-4H3. The van der Waals surface area contributed by atoms with E-state index in [4.69, 9.17) is 19.4 Å². The first-order valence-electron chi connectivity index (χ1n) is 9.64. The number of imidazole rings is 1. The van der Waals surface area contributed by atoms with Crippen molar-refractivity contribution >= 4 is 11.3 Å². The van der Waals surface area contributed by atoms with Crippen LogP contribution in [0, 0.1) is 6.92 Å². The SMILES string of the molecule is COCC(C)(C)c1ccc(-c2c(C)nc3c(N4CCOCC4)ccnn23)cn1. The summed E-state index contributed by atoms with van der Waals surface area (Å²) in [7, 11) is 1.72. The van der Waals surface area contributed by atoms with E-state index in [2.05, 4.69) is 36.0 Å². The fourth-order valence-electron chi connectivity index (χ4n) is 3.79. The van der Waals surface area contributed by atoms with E-state index in [0.717, 1.165) is 60.3 Å². The van der Waals surface area contributed by atoms with Gasteiger partial charge in [-0.1, -0.05) is 13.8 Å². The van der Waals surface area contributed by atoms with E-state index in [1.807, 2.05) is 29.9 Å². The fourth-order valence-corrected chi connectivity index (χ4v) is 3.79. The molecule has 0 radical (unpaired) electrons. The van der Waals surface area contributed by atoms with E-state index >= 15 is 0 Å². The van der Waals surface area contributed by atoms with Gasteiger partial charge in [0.25, 0.3) is 0 Å². The van der Waals surface area contributed by atoms with Gasteiger partial charge in [-0.3, -0.25) is 4.98 Å². The third kappa shape index (κ3) is 3.36. The number of rotatable bonds is 5. The number of ether oxygens (including phenoxy) is 2. The summed E-state index contributed by atoms with van der Waals surface area (Å²) in [4.78, 5) is 11.9. The van der Waals surface area contributed by atoms with Gasteiger partial charge >= 0.3 is 0 Å². The summed E-state index contributed by atoms with van der Waals surface area (Å²) in [5, 5.41) is 4.58. The monoisotopic (exact) mass is 381 g/mol. The number of pyridine rings is 1. The summed E-state index contributed by atoms with van der Waals surface area (Å²) < 4.78 is 12.7. The highest BCUT2D eigenvalue weighted by Gasteiger charge is 2.23. The van der Waals surface area contributed by atoms with Crippen LogP contribution in [0.2, 0.25) is 0 Å². The van der Waals surface area contributed by atoms with Crippen LogP contribution in [-0.4, -0.2) is 59.6 Å². The van der Waals surface area contributed by atoms with Crippen LogP contribution in [0.4, 0.5) is 5.69 Å². The molecule has 0 bridgehead atoms. The van der Waals surface area contributed by atoms with Crippen molar-refractivity contribution in [2.45, 2.75) is 26.2 Å². The molecule has 4 rings (SSSR count). The van der Waals surface area contributed by atoms with Gasteiger partial charge in [0.2, 0.25) is 0 Å². The minimum atomic E-state index is -0.135. The zero-order chi connectivity index (χ0) is 19.7. The van der Waals surface area contributed by atoms with Gasteiger partial charge in [-0.25, -0.2) is 9.50 Å². The molecule has 4 heterocycles. The van der Waals surface area contributed by atoms with E-state index in [-0.39, 0.29) is 5.41 Å². The van der Waals surface area contributed by atoms with E-state index in [1.165, 1.54) is 0 Å². The van der Waals surface area contributed by atoms with Crippen LogP contribution in [0.15, 0.2) is 30.6 Å². The van der Waals surface area contributed by atoms with Crippen LogP contribution >= 0.6 is 0 Å². The van der Waals surface area contributed by atoms with Gasteiger partial charge in [0.15, 0.2) is 5.65 Å². The molecule has 1 saturated heterocycles. The lowest BCUT2D eigenvalue weighted by molar-refractivity contribution is 0.123. The van der Waals surface area contributed by atoms with Crippen molar-refractivity contribution in [3.63, 3.8) is 0 Å². The summed E-state index contributed by atoms with van der Waals surface area (Å²) in [5.74, 6) is 0. The molecule has 0 spiro atoms. The van der Waals surface area contributed by atoms with Crippen LogP contribution in [0.3, 0.4) is 0 Å². The molecule has 0 atom stereocenters. The smallest absolute Gasteiger partial charge is 0.178 e. The second kappa shape index (κ2) is 7.48. The maximum Gasteiger partial charge on any atom is 0.178 e. The molecule has 1 aliphatic heterocycles. The molecular formula is C21H27N5O2. The summed E-state index contributed by atoms with van der Waals surface area (Å²) in [5.41, 5.74) is 5.77. The van der Waals surface area contributed by atoms with Gasteiger partial charge in [-0.2, -0.15) is 5.10 Å². The Hall–Kier alpha value is -2.51. The zero-order valence-electron chi connectivity index (χ0n) is 17.0. The van der Waals surface area contributed by atoms with Crippen LogP contribution in [-0.2, 0) is 14.9 Å². The molecule has 0 aromatic carbocycles. The second-order valence-corrected chi connectivity index (χ2v) is 7.85. The fraction of sp³-hybridized carbons (Fsp3) is 0.476. The van der Waals surface area contributed by atoms with Crippen molar-refractivity contribution in [2.24, 2.45) is 0 Å². The van der Waals surface area contributed by atoms with Crippen LogP contribution < -0.4 is 4.90 Å². The lowest BCUT2D eigenvalue weighted by atomic mass is 9.89. The van der Waals surface area contributed by atoms with Crippen molar-refractivity contribution in [3.05, 3.63) is 42.0 Å². The summed E-state index contributed by atoms with van der Waals surface area (Å²) in [6, 6.07) is 6.20. The molecule has 0 unspecified atom stereocenters. The Bertz CT molecular complexity index is 959. The Labute approximate surface area is 165 Å². The third-order valence-corrected chi connectivity index (χ3v) is 5.26. The van der Waals surface area contributed by atoms with Crippen molar-refractivity contribution < 1.29 is 9.47 Å². The Morgan fingerprint density at radius 1 is 1.18 bits per heavy atom. The first-order valence-corrected chi connectivity index (χ1v) is 9.64. The van der Waals surface area contributed by atoms with E-state index < -0.39 is 0 Å². The van der Waals surface area contributed by atoms with Crippen molar-refractivity contribution in [2.75, 3.05) is 44.9 Å². The van der Waals surface area contributed by atoms with Crippen molar-refractivity contribution in [1.82, 2.24) is 19.6 Å². The third-order valence-electron chi connectivity index (χ3n) is 5.26. The molecular weight excluding hydrogens is 354 g/mol. The van der Waals surface area contributed by atoms with Crippen LogP contribution in [0.25, 0.3) is 16.9 Å². The highest BCUT2D eigenvalue weighted by molar-refractivity contribution is 5.75. The molecule has 1 fully saturated rings. The summed E-state index contributed by atoms with van der Waals surface area (Å²) in [6.07, 6.45) is 3.75. The molecule has 7 nitrogen and oxygen atoms in total. The quantitative estimate of drug-likeness (QED) is 0.677. The Kier molecular flexibility index (Phi) is 5.03. The number of aryl methyl sites for hydroxylation is 1. The second-order valence-electron chi connectivity index (χ2n) is 7.85. The molecule has 3 aromatic rings. The van der Waals surface area contributed by atoms with Gasteiger partial charge < -0.3 is 14.4 Å². The van der Waals surface area contributed by atoms with Crippen LogP contribution in [0.1, 0.15) is 25.2 Å². The lowest BCUT2D eigenvalue weighted by Crippen LogP contribution is -2.36. The molecule has 0 amide bonds. The minimum Gasteiger partial charge on any atom is -0.384 e. The number of methoxy groups -OCH3 is 1. The predicted molar refractivity (Wildman–Crippen MR) is 109 cm³/mol.